The van der Waals surface area contributed by atoms with Gasteiger partial charge in [0.1, 0.15) is 0 Å². The van der Waals surface area contributed by atoms with Crippen molar-refractivity contribution in [2.75, 3.05) is 20.1 Å². The average Bonchev–Trinajstić information content (AvgIpc) is 2.52. The van der Waals surface area contributed by atoms with Gasteiger partial charge in [-0.05, 0) is 55.8 Å². The van der Waals surface area contributed by atoms with Gasteiger partial charge in [0.05, 0.1) is 0 Å². The Labute approximate surface area is 140 Å². The molecule has 1 atom stereocenters. The number of benzene rings is 1. The molecule has 23 heavy (non-hydrogen) atoms. The van der Waals surface area contributed by atoms with Crippen molar-refractivity contribution in [3.63, 3.8) is 0 Å². The van der Waals surface area contributed by atoms with E-state index in [4.69, 9.17) is 0 Å². The Bertz CT molecular complexity index is 521. The minimum atomic E-state index is 0.00358. The highest BCUT2D eigenvalue weighted by molar-refractivity contribution is 5.94. The summed E-state index contributed by atoms with van der Waals surface area (Å²) >= 11 is 0. The molecule has 3 heteroatoms. The van der Waals surface area contributed by atoms with Gasteiger partial charge in [-0.3, -0.25) is 4.79 Å². The largest absolute Gasteiger partial charge is 0.351 e. The van der Waals surface area contributed by atoms with Gasteiger partial charge in [-0.15, -0.1) is 0 Å². The Morgan fingerprint density at radius 2 is 1.91 bits per heavy atom. The smallest absolute Gasteiger partial charge is 0.251 e. The topological polar surface area (TPSA) is 41.1 Å². The molecule has 3 nitrogen and oxygen atoms in total. The highest BCUT2D eigenvalue weighted by Crippen LogP contribution is 2.32. The molecular formula is C20H30N2O. The van der Waals surface area contributed by atoms with Crippen molar-refractivity contribution >= 4 is 5.91 Å². The second kappa shape index (κ2) is 8.88. The zero-order valence-electron chi connectivity index (χ0n) is 14.5. The highest BCUT2D eigenvalue weighted by atomic mass is 16.1. The van der Waals surface area contributed by atoms with E-state index in [0.717, 1.165) is 18.5 Å². The van der Waals surface area contributed by atoms with Crippen LogP contribution in [-0.4, -0.2) is 26.0 Å². The van der Waals surface area contributed by atoms with Gasteiger partial charge in [-0.25, -0.2) is 0 Å². The number of rotatable bonds is 6. The van der Waals surface area contributed by atoms with E-state index >= 15 is 0 Å². The summed E-state index contributed by atoms with van der Waals surface area (Å²) in [4.78, 5) is 12.0. The normalized spacial score (nSPS) is 22.9. The molecule has 2 N–H and O–H groups in total. The van der Waals surface area contributed by atoms with Gasteiger partial charge in [0.15, 0.2) is 0 Å². The minimum Gasteiger partial charge on any atom is -0.351 e. The molecular weight excluding hydrogens is 284 g/mol. The Kier molecular flexibility index (Phi) is 6.85. The Morgan fingerprint density at radius 1 is 1.13 bits per heavy atom. The molecule has 1 aromatic carbocycles. The lowest BCUT2D eigenvalue weighted by Gasteiger charge is -2.28. The molecule has 0 spiro atoms. The summed E-state index contributed by atoms with van der Waals surface area (Å²) < 4.78 is 0. The summed E-state index contributed by atoms with van der Waals surface area (Å²) in [6.45, 7) is 3.79. The minimum absolute atomic E-state index is 0.00358. The van der Waals surface area contributed by atoms with Crippen LogP contribution in [0.2, 0.25) is 0 Å². The molecule has 0 saturated carbocycles. The SMILES string of the molecule is CNCCNC(=O)c1ccc(C[C@]2(C)/C=C\CCCCC2)cc1. The van der Waals surface area contributed by atoms with Crippen molar-refractivity contribution < 1.29 is 4.79 Å². The maximum Gasteiger partial charge on any atom is 0.251 e. The maximum atomic E-state index is 12.0. The van der Waals surface area contributed by atoms with Gasteiger partial charge in [0, 0.05) is 18.7 Å². The van der Waals surface area contributed by atoms with Crippen molar-refractivity contribution in [3.8, 4) is 0 Å². The fourth-order valence-corrected chi connectivity index (χ4v) is 3.21. The number of amides is 1. The van der Waals surface area contributed by atoms with Crippen molar-refractivity contribution in [2.45, 2.75) is 45.4 Å². The summed E-state index contributed by atoms with van der Waals surface area (Å²) in [5, 5.41) is 5.93. The third kappa shape index (κ3) is 5.83. The van der Waals surface area contributed by atoms with Crippen molar-refractivity contribution in [1.82, 2.24) is 10.6 Å². The van der Waals surface area contributed by atoms with Gasteiger partial charge in [0.2, 0.25) is 0 Å². The fourth-order valence-electron chi connectivity index (χ4n) is 3.21. The second-order valence-corrected chi connectivity index (χ2v) is 6.89. The first-order valence-corrected chi connectivity index (χ1v) is 8.82. The molecule has 1 aliphatic carbocycles. The van der Waals surface area contributed by atoms with E-state index in [0.29, 0.717) is 6.54 Å². The number of carbonyl (C=O) groups is 1. The molecule has 0 radical (unpaired) electrons. The third-order valence-electron chi connectivity index (χ3n) is 4.62. The van der Waals surface area contributed by atoms with Gasteiger partial charge in [0.25, 0.3) is 5.91 Å². The molecule has 0 bridgehead atoms. The summed E-state index contributed by atoms with van der Waals surface area (Å²) in [6.07, 6.45) is 12.2. The molecule has 0 saturated heterocycles. The lowest BCUT2D eigenvalue weighted by Crippen LogP contribution is -2.30. The standard InChI is InChI=1S/C20H30N2O/c1-20(12-6-4-3-5-7-13-20)16-17-8-10-18(11-9-17)19(23)22-15-14-21-2/h6,8-12,21H,3-5,7,13-16H2,1-2H3,(H,22,23)/b12-6-/t20-/m1/s1. The molecule has 1 amide bonds. The van der Waals surface area contributed by atoms with Crippen LogP contribution in [0.3, 0.4) is 0 Å². The van der Waals surface area contributed by atoms with Crippen LogP contribution in [0.4, 0.5) is 0 Å². The molecule has 0 heterocycles. The first kappa shape index (κ1) is 17.7. The zero-order valence-corrected chi connectivity index (χ0v) is 14.5. The van der Waals surface area contributed by atoms with Crippen LogP contribution >= 0.6 is 0 Å². The summed E-state index contributed by atoms with van der Waals surface area (Å²) in [7, 11) is 1.88. The lowest BCUT2D eigenvalue weighted by atomic mass is 9.77. The lowest BCUT2D eigenvalue weighted by molar-refractivity contribution is 0.0954. The number of likely N-dealkylation sites (N-methyl/N-ethyl adjacent to an activating group) is 1. The predicted molar refractivity (Wildman–Crippen MR) is 96.7 cm³/mol. The maximum absolute atomic E-state index is 12.0. The van der Waals surface area contributed by atoms with E-state index in [2.05, 4.69) is 41.8 Å². The van der Waals surface area contributed by atoms with Gasteiger partial charge >= 0.3 is 0 Å². The quantitative estimate of drug-likeness (QED) is 0.621. The van der Waals surface area contributed by atoms with E-state index in [-0.39, 0.29) is 11.3 Å². The fraction of sp³-hybridized carbons (Fsp3) is 0.550. The van der Waals surface area contributed by atoms with Crippen LogP contribution in [0.25, 0.3) is 0 Å². The molecule has 0 aromatic heterocycles. The molecule has 126 valence electrons. The van der Waals surface area contributed by atoms with E-state index < -0.39 is 0 Å². The van der Waals surface area contributed by atoms with Gasteiger partial charge in [-0.2, -0.15) is 0 Å². The summed E-state index contributed by atoms with van der Waals surface area (Å²) in [5.74, 6) is 0.00358. The number of hydrogen-bond donors (Lipinski definition) is 2. The highest BCUT2D eigenvalue weighted by Gasteiger charge is 2.22. The van der Waals surface area contributed by atoms with Crippen LogP contribution in [-0.2, 0) is 6.42 Å². The van der Waals surface area contributed by atoms with Crippen molar-refractivity contribution in [1.29, 1.82) is 0 Å². The van der Waals surface area contributed by atoms with Crippen molar-refractivity contribution in [2.24, 2.45) is 5.41 Å². The molecule has 0 fully saturated rings. The van der Waals surface area contributed by atoms with Gasteiger partial charge in [-0.1, -0.05) is 44.1 Å². The Morgan fingerprint density at radius 3 is 2.65 bits per heavy atom. The Hall–Kier alpha value is -1.61. The first-order chi connectivity index (χ1) is 11.1. The van der Waals surface area contributed by atoms with Gasteiger partial charge < -0.3 is 10.6 Å². The average molecular weight is 314 g/mol. The van der Waals surface area contributed by atoms with E-state index in [1.54, 1.807) is 0 Å². The number of carbonyl (C=O) groups excluding carboxylic acids is 1. The van der Waals surface area contributed by atoms with E-state index in [9.17, 15) is 4.79 Å². The van der Waals surface area contributed by atoms with Crippen LogP contribution < -0.4 is 10.6 Å². The van der Waals surface area contributed by atoms with E-state index in [1.165, 1.54) is 37.7 Å². The summed E-state index contributed by atoms with van der Waals surface area (Å²) in [5.41, 5.74) is 2.30. The predicted octanol–water partition coefficient (Wildman–Crippen LogP) is 3.70. The zero-order chi connectivity index (χ0) is 16.5. The number of allylic oxidation sites excluding steroid dienone is 2. The van der Waals surface area contributed by atoms with Crippen LogP contribution in [0.5, 0.6) is 0 Å². The first-order valence-electron chi connectivity index (χ1n) is 8.82. The second-order valence-electron chi connectivity index (χ2n) is 6.89. The molecule has 1 aromatic rings. The van der Waals surface area contributed by atoms with E-state index in [1.807, 2.05) is 19.2 Å². The monoisotopic (exact) mass is 314 g/mol. The van der Waals surface area contributed by atoms with Crippen LogP contribution in [0, 0.1) is 5.41 Å². The van der Waals surface area contributed by atoms with Crippen molar-refractivity contribution in [3.05, 3.63) is 47.5 Å². The number of hydrogen-bond acceptors (Lipinski definition) is 2. The molecule has 0 unspecified atom stereocenters. The van der Waals surface area contributed by atoms with Crippen LogP contribution in [0.15, 0.2) is 36.4 Å². The molecule has 0 aliphatic heterocycles. The molecule has 2 rings (SSSR count). The number of nitrogens with one attached hydrogen (secondary N) is 2. The Balaban J connectivity index is 1.96. The third-order valence-corrected chi connectivity index (χ3v) is 4.62. The van der Waals surface area contributed by atoms with Crippen LogP contribution in [0.1, 0.15) is 54.9 Å². The summed E-state index contributed by atoms with van der Waals surface area (Å²) in [6, 6.07) is 8.09. The molecule has 1 aliphatic rings.